The summed E-state index contributed by atoms with van der Waals surface area (Å²) < 4.78 is 34.7. The number of carbonyl (C=O) groups is 1. The Bertz CT molecular complexity index is 1010. The lowest BCUT2D eigenvalue weighted by atomic mass is 10.1. The lowest BCUT2D eigenvalue weighted by Crippen LogP contribution is -2.05. The number of halogens is 1. The molecule has 0 unspecified atom stereocenters. The van der Waals surface area contributed by atoms with Gasteiger partial charge in [-0.1, -0.05) is 11.8 Å². The molecule has 0 amide bonds. The van der Waals surface area contributed by atoms with E-state index in [4.69, 9.17) is 18.6 Å². The summed E-state index contributed by atoms with van der Waals surface area (Å²) in [5.41, 5.74) is 0.845. The molecule has 0 bridgehead atoms. The molecule has 2 aromatic carbocycles. The van der Waals surface area contributed by atoms with Crippen molar-refractivity contribution < 1.29 is 27.8 Å². The van der Waals surface area contributed by atoms with Gasteiger partial charge >= 0.3 is 0 Å². The molecule has 0 saturated carbocycles. The van der Waals surface area contributed by atoms with Crippen LogP contribution in [-0.2, 0) is 0 Å². The van der Waals surface area contributed by atoms with Crippen LogP contribution >= 0.6 is 11.8 Å². The minimum absolute atomic E-state index is 0.00257. The van der Waals surface area contributed by atoms with Crippen LogP contribution < -0.4 is 14.2 Å². The van der Waals surface area contributed by atoms with Crippen LogP contribution in [0.1, 0.15) is 10.4 Å². The second kappa shape index (κ2) is 7.28. The van der Waals surface area contributed by atoms with Gasteiger partial charge < -0.3 is 18.6 Å². The van der Waals surface area contributed by atoms with Crippen molar-refractivity contribution in [3.05, 3.63) is 47.8 Å². The van der Waals surface area contributed by atoms with Crippen molar-refractivity contribution in [1.29, 1.82) is 0 Å². The van der Waals surface area contributed by atoms with Crippen molar-refractivity contribution in [2.24, 2.45) is 0 Å². The zero-order chi connectivity index (χ0) is 18.8. The number of fused-ring (bicyclic) bond motifs is 1. The van der Waals surface area contributed by atoms with Gasteiger partial charge in [0.05, 0.1) is 18.4 Å². The molecule has 27 heavy (non-hydrogen) atoms. The third-order valence-electron chi connectivity index (χ3n) is 3.81. The Morgan fingerprint density at radius 2 is 2.04 bits per heavy atom. The third kappa shape index (κ3) is 3.59. The topological polar surface area (TPSA) is 83.7 Å². The van der Waals surface area contributed by atoms with E-state index in [1.807, 2.05) is 0 Å². The van der Waals surface area contributed by atoms with Gasteiger partial charge in [0.15, 0.2) is 17.3 Å². The van der Waals surface area contributed by atoms with Gasteiger partial charge in [0, 0.05) is 5.56 Å². The van der Waals surface area contributed by atoms with E-state index in [0.29, 0.717) is 28.7 Å². The molecule has 1 aliphatic heterocycles. The van der Waals surface area contributed by atoms with Gasteiger partial charge in [0.2, 0.25) is 12.7 Å². The monoisotopic (exact) mass is 388 g/mol. The van der Waals surface area contributed by atoms with Crippen LogP contribution in [0.15, 0.2) is 46.0 Å². The summed E-state index contributed by atoms with van der Waals surface area (Å²) in [7, 11) is 1.42. The first-order chi connectivity index (χ1) is 13.1. The molecule has 3 aromatic rings. The van der Waals surface area contributed by atoms with E-state index in [2.05, 4.69) is 10.2 Å². The number of ketones is 1. The zero-order valence-electron chi connectivity index (χ0n) is 14.1. The summed E-state index contributed by atoms with van der Waals surface area (Å²) in [6.07, 6.45) is 0. The quantitative estimate of drug-likeness (QED) is 0.468. The molecule has 4 rings (SSSR count). The molecule has 1 aliphatic rings. The Balaban J connectivity index is 1.46. The first-order valence-electron chi connectivity index (χ1n) is 7.87. The van der Waals surface area contributed by atoms with Crippen LogP contribution in [-0.4, -0.2) is 35.6 Å². The van der Waals surface area contributed by atoms with Crippen molar-refractivity contribution >= 4 is 17.5 Å². The van der Waals surface area contributed by atoms with Crippen molar-refractivity contribution in [2.45, 2.75) is 5.22 Å². The molecule has 0 aliphatic carbocycles. The standard InChI is InChI=1S/C18H13FN2O5S/c1-23-14-5-3-11(19)7-12(14)13(22)8-27-18-21-20-17(26-18)10-2-4-15-16(6-10)25-9-24-15/h2-7H,8-9H2,1H3. The smallest absolute Gasteiger partial charge is 0.277 e. The second-order valence-electron chi connectivity index (χ2n) is 5.50. The maximum absolute atomic E-state index is 13.4. The zero-order valence-corrected chi connectivity index (χ0v) is 14.9. The first-order valence-corrected chi connectivity index (χ1v) is 8.85. The number of thioether (sulfide) groups is 1. The van der Waals surface area contributed by atoms with E-state index in [1.165, 1.54) is 19.2 Å². The van der Waals surface area contributed by atoms with Crippen LogP contribution in [0.3, 0.4) is 0 Å². The lowest BCUT2D eigenvalue weighted by Gasteiger charge is -2.06. The number of benzene rings is 2. The number of hydrogen-bond acceptors (Lipinski definition) is 8. The minimum Gasteiger partial charge on any atom is -0.496 e. The van der Waals surface area contributed by atoms with Crippen LogP contribution in [0.25, 0.3) is 11.5 Å². The molecular weight excluding hydrogens is 375 g/mol. The van der Waals surface area contributed by atoms with Crippen LogP contribution in [0, 0.1) is 5.82 Å². The predicted octanol–water partition coefficient (Wildman–Crippen LogP) is 3.59. The summed E-state index contributed by atoms with van der Waals surface area (Å²) in [6.45, 7) is 0.176. The molecular formula is C18H13FN2O5S. The molecule has 2 heterocycles. The molecule has 0 fully saturated rings. The largest absolute Gasteiger partial charge is 0.496 e. The van der Waals surface area contributed by atoms with Gasteiger partial charge in [-0.05, 0) is 36.4 Å². The second-order valence-corrected chi connectivity index (χ2v) is 6.42. The predicted molar refractivity (Wildman–Crippen MR) is 93.9 cm³/mol. The summed E-state index contributed by atoms with van der Waals surface area (Å²) in [5, 5.41) is 8.14. The Morgan fingerprint density at radius 1 is 1.19 bits per heavy atom. The number of carbonyl (C=O) groups excluding carboxylic acids is 1. The highest BCUT2D eigenvalue weighted by molar-refractivity contribution is 7.99. The van der Waals surface area contributed by atoms with Crippen LogP contribution in [0.2, 0.25) is 0 Å². The van der Waals surface area contributed by atoms with Crippen molar-refractivity contribution in [3.8, 4) is 28.7 Å². The fourth-order valence-corrected chi connectivity index (χ4v) is 3.16. The van der Waals surface area contributed by atoms with Crippen molar-refractivity contribution in [3.63, 3.8) is 0 Å². The number of methoxy groups -OCH3 is 1. The molecule has 0 saturated heterocycles. The molecule has 9 heteroatoms. The SMILES string of the molecule is COc1ccc(F)cc1C(=O)CSc1nnc(-c2ccc3c(c2)OCO3)o1. The summed E-state index contributed by atoms with van der Waals surface area (Å²) in [5.74, 6) is 1.06. The fraction of sp³-hybridized carbons (Fsp3) is 0.167. The van der Waals surface area contributed by atoms with Crippen molar-refractivity contribution in [2.75, 3.05) is 19.7 Å². The van der Waals surface area contributed by atoms with Gasteiger partial charge in [-0.3, -0.25) is 4.79 Å². The highest BCUT2D eigenvalue weighted by Crippen LogP contribution is 2.36. The summed E-state index contributed by atoms with van der Waals surface area (Å²) >= 11 is 1.07. The van der Waals surface area contributed by atoms with Gasteiger partial charge in [-0.15, -0.1) is 10.2 Å². The maximum atomic E-state index is 13.4. The Morgan fingerprint density at radius 3 is 2.89 bits per heavy atom. The van der Waals surface area contributed by atoms with Gasteiger partial charge in [-0.25, -0.2) is 4.39 Å². The molecule has 138 valence electrons. The van der Waals surface area contributed by atoms with Gasteiger partial charge in [0.1, 0.15) is 11.6 Å². The third-order valence-corrected chi connectivity index (χ3v) is 4.63. The lowest BCUT2D eigenvalue weighted by molar-refractivity contribution is 0.101. The fourth-order valence-electron chi connectivity index (χ4n) is 2.52. The summed E-state index contributed by atoms with van der Waals surface area (Å²) in [6, 6.07) is 9.07. The average Bonchev–Trinajstić information content (AvgIpc) is 3.34. The highest BCUT2D eigenvalue weighted by Gasteiger charge is 2.18. The normalized spacial score (nSPS) is 12.2. The Hall–Kier alpha value is -3.07. The number of nitrogens with zero attached hydrogens (tertiary/aromatic N) is 2. The van der Waals surface area contributed by atoms with E-state index < -0.39 is 5.82 Å². The number of Topliss-reactive ketones (excluding diaryl/α,β-unsaturated/α-hetero) is 1. The Labute approximate surface area is 157 Å². The van der Waals surface area contributed by atoms with E-state index in [-0.39, 0.29) is 29.1 Å². The first kappa shape index (κ1) is 17.3. The van der Waals surface area contributed by atoms with Crippen molar-refractivity contribution in [1.82, 2.24) is 10.2 Å². The number of ether oxygens (including phenoxy) is 3. The molecule has 0 N–H and O–H groups in total. The Kier molecular flexibility index (Phi) is 4.68. The van der Waals surface area contributed by atoms with Crippen LogP contribution in [0.5, 0.6) is 17.2 Å². The molecule has 1 aromatic heterocycles. The van der Waals surface area contributed by atoms with Crippen LogP contribution in [0.4, 0.5) is 4.39 Å². The highest BCUT2D eigenvalue weighted by atomic mass is 32.2. The van der Waals surface area contributed by atoms with E-state index in [9.17, 15) is 9.18 Å². The van der Waals surface area contributed by atoms with E-state index >= 15 is 0 Å². The number of hydrogen-bond donors (Lipinski definition) is 0. The molecule has 0 radical (unpaired) electrons. The minimum atomic E-state index is -0.507. The molecule has 0 atom stereocenters. The molecule has 0 spiro atoms. The maximum Gasteiger partial charge on any atom is 0.277 e. The number of aromatic nitrogens is 2. The van der Waals surface area contributed by atoms with E-state index in [1.54, 1.807) is 18.2 Å². The number of rotatable bonds is 6. The van der Waals surface area contributed by atoms with Gasteiger partial charge in [0.25, 0.3) is 5.22 Å². The van der Waals surface area contributed by atoms with Gasteiger partial charge in [-0.2, -0.15) is 0 Å². The van der Waals surface area contributed by atoms with E-state index in [0.717, 1.165) is 17.8 Å². The molecule has 7 nitrogen and oxygen atoms in total. The average molecular weight is 388 g/mol. The summed E-state index contributed by atoms with van der Waals surface area (Å²) in [4.78, 5) is 12.4.